The van der Waals surface area contributed by atoms with Gasteiger partial charge in [-0.05, 0) is 95.4 Å². The van der Waals surface area contributed by atoms with Crippen LogP contribution in [-0.2, 0) is 0 Å². The molecule has 51 heavy (non-hydrogen) atoms. The van der Waals surface area contributed by atoms with Gasteiger partial charge in [-0.1, -0.05) is 109 Å². The molecule has 0 aliphatic rings. The van der Waals surface area contributed by atoms with Crippen LogP contribution in [0.2, 0.25) is 0 Å². The molecule has 10 aromatic rings. The van der Waals surface area contributed by atoms with Crippen LogP contribution in [-0.4, -0.2) is 9.55 Å². The molecule has 2 heterocycles. The van der Waals surface area contributed by atoms with Crippen LogP contribution in [0.5, 0.6) is 0 Å². The van der Waals surface area contributed by atoms with E-state index in [2.05, 4.69) is 167 Å². The summed E-state index contributed by atoms with van der Waals surface area (Å²) in [4.78, 5) is 7.11. The van der Waals surface area contributed by atoms with Gasteiger partial charge in [-0.2, -0.15) is 0 Å². The van der Waals surface area contributed by atoms with Gasteiger partial charge in [0.25, 0.3) is 0 Å². The van der Waals surface area contributed by atoms with Gasteiger partial charge in [0.05, 0.1) is 11.0 Å². The van der Waals surface area contributed by atoms with E-state index in [0.717, 1.165) is 61.3 Å². The molecule has 0 fully saturated rings. The van der Waals surface area contributed by atoms with E-state index in [-0.39, 0.29) is 0 Å². The fraction of sp³-hybridized carbons (Fsp3) is 0. The molecule has 0 bridgehead atoms. The number of oxazole rings is 1. The SMILES string of the molecule is c1ccc(-c2nc3ccc4c(-c5ccc(N(c6ccccc6)c6ccc(-n7c8ccccc8c8ccccc87)cc6)cc5)cccc4c3o2)cc1. The molecule has 10 rings (SSSR count). The molecular weight excluding hydrogens is 623 g/mol. The van der Waals surface area contributed by atoms with Gasteiger partial charge in [-0.3, -0.25) is 0 Å². The van der Waals surface area contributed by atoms with Crippen LogP contribution in [0.25, 0.3) is 71.9 Å². The van der Waals surface area contributed by atoms with Crippen molar-refractivity contribution in [3.63, 3.8) is 0 Å². The van der Waals surface area contributed by atoms with Crippen LogP contribution in [0.1, 0.15) is 0 Å². The lowest BCUT2D eigenvalue weighted by molar-refractivity contribution is 0.623. The van der Waals surface area contributed by atoms with E-state index in [1.165, 1.54) is 21.8 Å². The molecule has 0 aliphatic heterocycles. The normalized spacial score (nSPS) is 11.5. The first-order valence-electron chi connectivity index (χ1n) is 17.2. The van der Waals surface area contributed by atoms with E-state index < -0.39 is 0 Å². The van der Waals surface area contributed by atoms with Crippen LogP contribution >= 0.6 is 0 Å². The number of rotatable bonds is 6. The fourth-order valence-electron chi connectivity index (χ4n) is 7.46. The molecule has 4 heteroatoms. The molecule has 0 N–H and O–H groups in total. The third-order valence-corrected chi connectivity index (χ3v) is 9.83. The second kappa shape index (κ2) is 11.9. The second-order valence-corrected chi connectivity index (χ2v) is 12.8. The summed E-state index contributed by atoms with van der Waals surface area (Å²) in [7, 11) is 0. The minimum absolute atomic E-state index is 0.636. The van der Waals surface area contributed by atoms with Crippen molar-refractivity contribution in [2.75, 3.05) is 4.90 Å². The first kappa shape index (κ1) is 29.0. The number of benzene rings is 8. The molecule has 0 spiro atoms. The maximum absolute atomic E-state index is 6.36. The number of hydrogen-bond acceptors (Lipinski definition) is 3. The molecule has 8 aromatic carbocycles. The van der Waals surface area contributed by atoms with Crippen LogP contribution < -0.4 is 4.90 Å². The lowest BCUT2D eigenvalue weighted by Gasteiger charge is -2.26. The second-order valence-electron chi connectivity index (χ2n) is 12.8. The Morgan fingerprint density at radius 3 is 1.67 bits per heavy atom. The lowest BCUT2D eigenvalue weighted by Crippen LogP contribution is -2.10. The lowest BCUT2D eigenvalue weighted by atomic mass is 9.97. The molecule has 0 radical (unpaired) electrons. The van der Waals surface area contributed by atoms with Gasteiger partial charge in [0.1, 0.15) is 5.52 Å². The van der Waals surface area contributed by atoms with Crippen molar-refractivity contribution in [2.24, 2.45) is 0 Å². The fourth-order valence-corrected chi connectivity index (χ4v) is 7.46. The van der Waals surface area contributed by atoms with Crippen LogP contribution in [0.4, 0.5) is 17.1 Å². The third kappa shape index (κ3) is 4.88. The van der Waals surface area contributed by atoms with E-state index in [1.54, 1.807) is 0 Å². The summed E-state index contributed by atoms with van der Waals surface area (Å²) in [5, 5.41) is 4.71. The van der Waals surface area contributed by atoms with Gasteiger partial charge in [0, 0.05) is 44.5 Å². The number of nitrogens with zero attached hydrogens (tertiary/aromatic N) is 3. The minimum atomic E-state index is 0.636. The van der Waals surface area contributed by atoms with Gasteiger partial charge in [-0.25, -0.2) is 4.98 Å². The summed E-state index contributed by atoms with van der Waals surface area (Å²) in [5.74, 6) is 0.636. The maximum Gasteiger partial charge on any atom is 0.227 e. The number of anilines is 3. The highest BCUT2D eigenvalue weighted by Crippen LogP contribution is 2.39. The number of fused-ring (bicyclic) bond motifs is 6. The Labute approximate surface area is 295 Å². The molecular formula is C47H31N3O. The Bertz CT molecular complexity index is 2780. The maximum atomic E-state index is 6.36. The molecule has 0 saturated heterocycles. The molecule has 4 nitrogen and oxygen atoms in total. The quantitative estimate of drug-likeness (QED) is 0.179. The van der Waals surface area contributed by atoms with Gasteiger partial charge in [-0.15, -0.1) is 0 Å². The third-order valence-electron chi connectivity index (χ3n) is 9.83. The Morgan fingerprint density at radius 1 is 0.412 bits per heavy atom. The molecule has 0 aliphatic carbocycles. The van der Waals surface area contributed by atoms with Gasteiger partial charge < -0.3 is 13.9 Å². The predicted octanol–water partition coefficient (Wildman–Crippen LogP) is 12.9. The summed E-state index contributed by atoms with van der Waals surface area (Å²) in [6.07, 6.45) is 0. The number of hydrogen-bond donors (Lipinski definition) is 0. The summed E-state index contributed by atoms with van der Waals surface area (Å²) < 4.78 is 8.72. The average molecular weight is 654 g/mol. The highest BCUT2D eigenvalue weighted by molar-refractivity contribution is 6.10. The van der Waals surface area contributed by atoms with Crippen LogP contribution in [0.3, 0.4) is 0 Å². The Balaban J connectivity index is 1.03. The van der Waals surface area contributed by atoms with Crippen LogP contribution in [0, 0.1) is 0 Å². The van der Waals surface area contributed by atoms with Crippen molar-refractivity contribution in [3.8, 4) is 28.3 Å². The van der Waals surface area contributed by atoms with Gasteiger partial charge >= 0.3 is 0 Å². The molecule has 0 unspecified atom stereocenters. The molecule has 2 aromatic heterocycles. The molecule has 0 saturated carbocycles. The summed E-state index contributed by atoms with van der Waals surface area (Å²) in [6.45, 7) is 0. The Morgan fingerprint density at radius 2 is 0.980 bits per heavy atom. The number of aromatic nitrogens is 2. The average Bonchev–Trinajstić information content (AvgIpc) is 3.80. The zero-order chi connectivity index (χ0) is 33.7. The van der Waals surface area contributed by atoms with E-state index in [9.17, 15) is 0 Å². The summed E-state index contributed by atoms with van der Waals surface area (Å²) in [5.41, 5.74) is 11.7. The Kier molecular flexibility index (Phi) is 6.78. The number of para-hydroxylation sites is 3. The summed E-state index contributed by atoms with van der Waals surface area (Å²) >= 11 is 0. The first-order chi connectivity index (χ1) is 25.3. The topological polar surface area (TPSA) is 34.2 Å². The standard InChI is InChI=1S/C47H31N3O/c1-3-12-33(13-4-1)47-48-43-31-30-39-38(18-11-19-42(39)46(43)51-47)32-22-24-35(25-23-32)49(34-14-5-2-6-15-34)36-26-28-37(29-27-36)50-44-20-9-7-16-40(44)41-17-8-10-21-45(41)50/h1-31H. The molecule has 0 atom stereocenters. The molecule has 0 amide bonds. The van der Waals surface area contributed by atoms with E-state index >= 15 is 0 Å². The van der Waals surface area contributed by atoms with E-state index in [4.69, 9.17) is 9.40 Å². The van der Waals surface area contributed by atoms with Crippen molar-refractivity contribution < 1.29 is 4.42 Å². The minimum Gasteiger partial charge on any atom is -0.435 e. The highest BCUT2D eigenvalue weighted by Gasteiger charge is 2.17. The van der Waals surface area contributed by atoms with Crippen molar-refractivity contribution in [1.82, 2.24) is 9.55 Å². The van der Waals surface area contributed by atoms with Crippen molar-refractivity contribution in [3.05, 3.63) is 188 Å². The van der Waals surface area contributed by atoms with Crippen molar-refractivity contribution in [1.29, 1.82) is 0 Å². The zero-order valence-corrected chi connectivity index (χ0v) is 27.6. The zero-order valence-electron chi connectivity index (χ0n) is 27.6. The van der Waals surface area contributed by atoms with Gasteiger partial charge in [0.15, 0.2) is 5.58 Å². The highest BCUT2D eigenvalue weighted by atomic mass is 16.3. The van der Waals surface area contributed by atoms with Crippen LogP contribution in [0.15, 0.2) is 192 Å². The predicted molar refractivity (Wildman–Crippen MR) is 211 cm³/mol. The Hall–Kier alpha value is -6.91. The van der Waals surface area contributed by atoms with Gasteiger partial charge in [0.2, 0.25) is 5.89 Å². The molecule has 240 valence electrons. The largest absolute Gasteiger partial charge is 0.435 e. The smallest absolute Gasteiger partial charge is 0.227 e. The monoisotopic (exact) mass is 653 g/mol. The first-order valence-corrected chi connectivity index (χ1v) is 17.2. The summed E-state index contributed by atoms with van der Waals surface area (Å²) in [6, 6.07) is 66.3. The van der Waals surface area contributed by atoms with Crippen molar-refractivity contribution in [2.45, 2.75) is 0 Å². The van der Waals surface area contributed by atoms with E-state index in [1.807, 2.05) is 30.3 Å². The van der Waals surface area contributed by atoms with E-state index in [0.29, 0.717) is 5.89 Å². The van der Waals surface area contributed by atoms with Crippen molar-refractivity contribution >= 4 is 60.7 Å².